The molecule has 51 heavy (non-hydrogen) atoms. The van der Waals surface area contributed by atoms with Crippen LogP contribution in [0, 0.1) is 0 Å². The van der Waals surface area contributed by atoms with Gasteiger partial charge in [0.15, 0.2) is 0 Å². The Kier molecular flexibility index (Phi) is 6.85. The molecule has 0 amide bonds. The van der Waals surface area contributed by atoms with Crippen molar-refractivity contribution in [2.75, 3.05) is 10.2 Å². The highest BCUT2D eigenvalue weighted by Gasteiger charge is 2.39. The van der Waals surface area contributed by atoms with E-state index in [2.05, 4.69) is 180 Å². The largest absolute Gasteiger partial charge is 0.370 e. The van der Waals surface area contributed by atoms with Crippen LogP contribution >= 0.6 is 0 Å². The molecule has 2 aliphatic heterocycles. The highest BCUT2D eigenvalue weighted by atomic mass is 15.3. The van der Waals surface area contributed by atoms with Gasteiger partial charge in [-0.15, -0.1) is 0 Å². The van der Waals surface area contributed by atoms with Gasteiger partial charge >= 0.3 is 0 Å². The lowest BCUT2D eigenvalue weighted by Crippen LogP contribution is -2.30. The number of nitrogens with one attached hydrogen (secondary N) is 1. The van der Waals surface area contributed by atoms with Gasteiger partial charge in [-0.05, 0) is 105 Å². The second-order valence-electron chi connectivity index (χ2n) is 13.1. The third-order valence-electron chi connectivity index (χ3n) is 9.99. The molecule has 0 spiro atoms. The second kappa shape index (κ2) is 12.0. The molecule has 0 bridgehead atoms. The molecule has 8 aromatic rings. The number of aliphatic imine (C=N–C) groups is 1. The molecule has 1 atom stereocenters. The summed E-state index contributed by atoms with van der Waals surface area (Å²) < 4.78 is 0. The Morgan fingerprint density at radius 3 is 1.90 bits per heavy atom. The van der Waals surface area contributed by atoms with Crippen LogP contribution in [0.3, 0.4) is 0 Å². The first-order valence-electron chi connectivity index (χ1n) is 17.4. The minimum Gasteiger partial charge on any atom is -0.370 e. The first-order valence-corrected chi connectivity index (χ1v) is 17.4. The Morgan fingerprint density at radius 1 is 0.451 bits per heavy atom. The van der Waals surface area contributed by atoms with E-state index in [0.717, 1.165) is 45.5 Å². The number of fused-ring (bicyclic) bond motifs is 5. The third kappa shape index (κ3) is 5.17. The number of hydrogen-bond donors (Lipinski definition) is 1. The van der Waals surface area contributed by atoms with Crippen LogP contribution in [0.4, 0.5) is 22.9 Å². The standard InChI is InChI=1S/C47H32N4/c1-3-12-31(13-4-1)37-27-38(35-23-22-32-14-7-8-17-34(32)26-35)29-39(28-37)36-24-25-44-40(30-36)46-47(50-43-19-10-9-18-42(43)49-46)51(44)45-21-11-20-41(48-45)33-15-5-2-6-16-33/h1-30,46,49H. The topological polar surface area (TPSA) is 40.5 Å². The molecule has 240 valence electrons. The summed E-state index contributed by atoms with van der Waals surface area (Å²) in [5.41, 5.74) is 13.3. The molecule has 1 unspecified atom stereocenters. The number of nitrogens with zero attached hydrogens (tertiary/aromatic N) is 3. The number of benzene rings is 7. The molecule has 3 heterocycles. The maximum absolute atomic E-state index is 5.26. The van der Waals surface area contributed by atoms with E-state index >= 15 is 0 Å². The van der Waals surface area contributed by atoms with Crippen molar-refractivity contribution in [2.45, 2.75) is 6.04 Å². The van der Waals surface area contributed by atoms with Gasteiger partial charge in [0.05, 0.1) is 22.8 Å². The molecule has 0 radical (unpaired) electrons. The van der Waals surface area contributed by atoms with E-state index in [1.54, 1.807) is 0 Å². The van der Waals surface area contributed by atoms with Crippen molar-refractivity contribution < 1.29 is 0 Å². The van der Waals surface area contributed by atoms with Crippen molar-refractivity contribution in [3.8, 4) is 44.6 Å². The zero-order valence-corrected chi connectivity index (χ0v) is 27.7. The van der Waals surface area contributed by atoms with Crippen LogP contribution in [0.5, 0.6) is 0 Å². The maximum atomic E-state index is 5.26. The Hall–Kier alpha value is -6.78. The SMILES string of the molecule is c1ccc(-c2cc(-c3ccc4c(c3)C3Nc5ccccc5N=C3N4c3cccc(-c4ccccc4)n3)cc(-c3ccc4ccccc4c3)c2)cc1. The van der Waals surface area contributed by atoms with Crippen LogP contribution in [-0.2, 0) is 0 Å². The van der Waals surface area contributed by atoms with Crippen molar-refractivity contribution >= 4 is 39.5 Å². The number of aromatic nitrogens is 1. The summed E-state index contributed by atoms with van der Waals surface area (Å²) in [5, 5.41) is 6.31. The van der Waals surface area contributed by atoms with E-state index in [9.17, 15) is 0 Å². The second-order valence-corrected chi connectivity index (χ2v) is 13.1. The molecule has 1 N–H and O–H groups in total. The fraction of sp³-hybridized carbons (Fsp3) is 0.0213. The minimum absolute atomic E-state index is 0.130. The number of rotatable bonds is 5. The van der Waals surface area contributed by atoms with Crippen LogP contribution < -0.4 is 10.2 Å². The van der Waals surface area contributed by atoms with E-state index in [0.29, 0.717) is 0 Å². The first kappa shape index (κ1) is 29.2. The lowest BCUT2D eigenvalue weighted by Gasteiger charge is -2.26. The number of hydrogen-bond acceptors (Lipinski definition) is 4. The summed E-state index contributed by atoms with van der Waals surface area (Å²) in [6, 6.07) is 64.5. The van der Waals surface area contributed by atoms with Gasteiger partial charge in [0.25, 0.3) is 0 Å². The van der Waals surface area contributed by atoms with E-state index in [-0.39, 0.29) is 6.04 Å². The van der Waals surface area contributed by atoms with E-state index in [1.807, 2.05) is 12.1 Å². The quantitative estimate of drug-likeness (QED) is 0.201. The zero-order chi connectivity index (χ0) is 33.7. The summed E-state index contributed by atoms with van der Waals surface area (Å²) in [6.45, 7) is 0. The number of pyridine rings is 1. The van der Waals surface area contributed by atoms with Gasteiger partial charge in [-0.2, -0.15) is 0 Å². The molecule has 0 fully saturated rings. The Morgan fingerprint density at radius 2 is 1.10 bits per heavy atom. The Labute approximate surface area is 297 Å². The van der Waals surface area contributed by atoms with E-state index in [1.165, 1.54) is 44.2 Å². The smallest absolute Gasteiger partial charge is 0.142 e. The maximum Gasteiger partial charge on any atom is 0.142 e. The normalized spacial score (nSPS) is 14.3. The van der Waals surface area contributed by atoms with E-state index < -0.39 is 0 Å². The van der Waals surface area contributed by atoms with Crippen LogP contribution in [0.25, 0.3) is 55.4 Å². The van der Waals surface area contributed by atoms with Crippen LogP contribution in [-0.4, -0.2) is 10.8 Å². The number of para-hydroxylation sites is 2. The molecule has 2 aliphatic rings. The monoisotopic (exact) mass is 652 g/mol. The summed E-state index contributed by atoms with van der Waals surface area (Å²) in [6.07, 6.45) is 0. The first-order chi connectivity index (χ1) is 25.2. The van der Waals surface area contributed by atoms with Crippen molar-refractivity contribution in [3.05, 3.63) is 188 Å². The summed E-state index contributed by atoms with van der Waals surface area (Å²) in [4.78, 5) is 12.7. The molecule has 10 rings (SSSR count). The third-order valence-corrected chi connectivity index (χ3v) is 9.99. The molecular weight excluding hydrogens is 621 g/mol. The molecule has 4 heteroatoms. The highest BCUT2D eigenvalue weighted by molar-refractivity contribution is 6.16. The summed E-state index contributed by atoms with van der Waals surface area (Å²) >= 11 is 0. The van der Waals surface area contributed by atoms with Gasteiger partial charge in [-0.1, -0.05) is 121 Å². The van der Waals surface area contributed by atoms with Gasteiger partial charge < -0.3 is 5.32 Å². The van der Waals surface area contributed by atoms with Crippen molar-refractivity contribution in [1.29, 1.82) is 0 Å². The highest BCUT2D eigenvalue weighted by Crippen LogP contribution is 2.48. The fourth-order valence-electron chi connectivity index (χ4n) is 7.47. The molecule has 4 nitrogen and oxygen atoms in total. The number of anilines is 3. The Balaban J connectivity index is 1.13. The van der Waals surface area contributed by atoms with Crippen molar-refractivity contribution in [3.63, 3.8) is 0 Å². The summed E-state index contributed by atoms with van der Waals surface area (Å²) in [5.74, 6) is 1.77. The molecule has 7 aromatic carbocycles. The Bertz CT molecular complexity index is 2630. The minimum atomic E-state index is -0.130. The molecular formula is C47H32N4. The molecule has 1 aromatic heterocycles. The predicted molar refractivity (Wildman–Crippen MR) is 212 cm³/mol. The zero-order valence-electron chi connectivity index (χ0n) is 27.7. The van der Waals surface area contributed by atoms with Crippen LogP contribution in [0.2, 0.25) is 0 Å². The van der Waals surface area contributed by atoms with Crippen LogP contribution in [0.1, 0.15) is 11.6 Å². The van der Waals surface area contributed by atoms with Gasteiger partial charge in [0.1, 0.15) is 17.7 Å². The fourth-order valence-corrected chi connectivity index (χ4v) is 7.47. The van der Waals surface area contributed by atoms with Gasteiger partial charge in [0.2, 0.25) is 0 Å². The molecule has 0 saturated heterocycles. The van der Waals surface area contributed by atoms with Gasteiger partial charge in [-0.3, -0.25) is 4.90 Å². The van der Waals surface area contributed by atoms with Crippen molar-refractivity contribution in [2.24, 2.45) is 4.99 Å². The van der Waals surface area contributed by atoms with Crippen LogP contribution in [0.15, 0.2) is 187 Å². The predicted octanol–water partition coefficient (Wildman–Crippen LogP) is 12.3. The lowest BCUT2D eigenvalue weighted by molar-refractivity contribution is 1.04. The van der Waals surface area contributed by atoms with Gasteiger partial charge in [-0.25, -0.2) is 9.98 Å². The average Bonchev–Trinajstić information content (AvgIpc) is 3.52. The van der Waals surface area contributed by atoms with Gasteiger partial charge in [0, 0.05) is 11.1 Å². The van der Waals surface area contributed by atoms with E-state index in [4.69, 9.17) is 9.98 Å². The summed E-state index contributed by atoms with van der Waals surface area (Å²) in [7, 11) is 0. The number of amidine groups is 1. The molecule has 0 aliphatic carbocycles. The molecule has 0 saturated carbocycles. The average molecular weight is 653 g/mol. The lowest BCUT2D eigenvalue weighted by atomic mass is 9.91. The van der Waals surface area contributed by atoms with Crippen molar-refractivity contribution in [1.82, 2.24) is 4.98 Å².